The summed E-state index contributed by atoms with van der Waals surface area (Å²) >= 11 is 0. The minimum Gasteiger partial charge on any atom is -0.463 e. The van der Waals surface area contributed by atoms with Crippen LogP contribution in [0.5, 0.6) is 0 Å². The molecule has 3 rings (SSSR count). The van der Waals surface area contributed by atoms with Gasteiger partial charge in [0.15, 0.2) is 0 Å². The standard InChI is InChI=1S/C20H27FN4O3/c1-4-28-19(26)17-16(13-25-11-9-23(2)10-12-25)24(3)20(27)22-18(17)14-5-7-15(21)8-6-14/h5-8,18H,4,9-13H2,1-3H3,(H,22,27). The Labute approximate surface area is 164 Å². The smallest absolute Gasteiger partial charge is 0.338 e. The second-order valence-corrected chi connectivity index (χ2v) is 7.15. The number of rotatable bonds is 5. The highest BCUT2D eigenvalue weighted by molar-refractivity contribution is 5.95. The van der Waals surface area contributed by atoms with Crippen LogP contribution in [0.15, 0.2) is 35.5 Å². The maximum Gasteiger partial charge on any atom is 0.338 e. The summed E-state index contributed by atoms with van der Waals surface area (Å²) in [6, 6.07) is 4.83. The van der Waals surface area contributed by atoms with Crippen LogP contribution in [0.2, 0.25) is 0 Å². The molecule has 7 nitrogen and oxygen atoms in total. The quantitative estimate of drug-likeness (QED) is 0.774. The zero-order valence-corrected chi connectivity index (χ0v) is 16.6. The van der Waals surface area contributed by atoms with Crippen LogP contribution in [0.4, 0.5) is 9.18 Å². The Hall–Kier alpha value is -2.45. The second-order valence-electron chi connectivity index (χ2n) is 7.15. The molecule has 1 fully saturated rings. The van der Waals surface area contributed by atoms with E-state index < -0.39 is 12.0 Å². The molecule has 2 heterocycles. The fraction of sp³-hybridized carbons (Fsp3) is 0.500. The predicted molar refractivity (Wildman–Crippen MR) is 103 cm³/mol. The summed E-state index contributed by atoms with van der Waals surface area (Å²) in [6.45, 7) is 6.02. The molecule has 0 radical (unpaired) electrons. The number of nitrogens with one attached hydrogen (secondary N) is 1. The van der Waals surface area contributed by atoms with Crippen LogP contribution in [-0.4, -0.2) is 80.1 Å². The van der Waals surface area contributed by atoms with E-state index in [2.05, 4.69) is 22.2 Å². The fourth-order valence-corrected chi connectivity index (χ4v) is 3.52. The molecular weight excluding hydrogens is 363 g/mol. The number of hydrogen-bond donors (Lipinski definition) is 1. The van der Waals surface area contributed by atoms with Crippen LogP contribution in [0, 0.1) is 5.82 Å². The normalized spacial score (nSPS) is 21.6. The number of hydrogen-bond acceptors (Lipinski definition) is 5. The number of urea groups is 1. The minimum absolute atomic E-state index is 0.234. The lowest BCUT2D eigenvalue weighted by atomic mass is 9.94. The van der Waals surface area contributed by atoms with Crippen LogP contribution < -0.4 is 5.32 Å². The van der Waals surface area contributed by atoms with E-state index in [1.54, 1.807) is 26.1 Å². The van der Waals surface area contributed by atoms with Gasteiger partial charge < -0.3 is 15.0 Å². The average molecular weight is 390 g/mol. The molecule has 2 amide bonds. The van der Waals surface area contributed by atoms with E-state index in [9.17, 15) is 14.0 Å². The van der Waals surface area contributed by atoms with E-state index in [1.807, 2.05) is 0 Å². The molecule has 1 N–H and O–H groups in total. The number of ether oxygens (including phenoxy) is 1. The van der Waals surface area contributed by atoms with Crippen molar-refractivity contribution in [3.63, 3.8) is 0 Å². The Kier molecular flexibility index (Phi) is 6.31. The molecule has 1 aromatic carbocycles. The number of halogens is 1. The van der Waals surface area contributed by atoms with Crippen molar-refractivity contribution in [3.8, 4) is 0 Å². The Morgan fingerprint density at radius 2 is 1.82 bits per heavy atom. The zero-order valence-electron chi connectivity index (χ0n) is 16.6. The van der Waals surface area contributed by atoms with Gasteiger partial charge in [0, 0.05) is 45.5 Å². The van der Waals surface area contributed by atoms with Crippen molar-refractivity contribution < 1.29 is 18.7 Å². The van der Waals surface area contributed by atoms with Gasteiger partial charge in [-0.2, -0.15) is 0 Å². The first kappa shape index (κ1) is 20.3. The molecule has 1 unspecified atom stereocenters. The monoisotopic (exact) mass is 390 g/mol. The third kappa shape index (κ3) is 4.34. The summed E-state index contributed by atoms with van der Waals surface area (Å²) in [7, 11) is 3.73. The average Bonchev–Trinajstić information content (AvgIpc) is 2.67. The first-order valence-corrected chi connectivity index (χ1v) is 9.51. The van der Waals surface area contributed by atoms with Crippen LogP contribution in [0.3, 0.4) is 0 Å². The molecule has 0 saturated carbocycles. The topological polar surface area (TPSA) is 65.1 Å². The molecule has 1 atom stereocenters. The van der Waals surface area contributed by atoms with Crippen molar-refractivity contribution in [3.05, 3.63) is 46.9 Å². The number of esters is 1. The van der Waals surface area contributed by atoms with Crippen molar-refractivity contribution in [2.45, 2.75) is 13.0 Å². The molecule has 8 heteroatoms. The lowest BCUT2D eigenvalue weighted by Crippen LogP contribution is -2.51. The van der Waals surface area contributed by atoms with E-state index in [4.69, 9.17) is 4.74 Å². The molecular formula is C20H27FN4O3. The van der Waals surface area contributed by atoms with Crippen molar-refractivity contribution in [1.29, 1.82) is 0 Å². The Balaban J connectivity index is 2.00. The SMILES string of the molecule is CCOC(=O)C1=C(CN2CCN(C)CC2)N(C)C(=O)NC1c1ccc(F)cc1. The second kappa shape index (κ2) is 8.70. The third-order valence-electron chi connectivity index (χ3n) is 5.24. The Morgan fingerprint density at radius 3 is 2.43 bits per heavy atom. The van der Waals surface area contributed by atoms with Crippen molar-refractivity contribution in [2.75, 3.05) is 53.4 Å². The summed E-state index contributed by atoms with van der Waals surface area (Å²) in [5.41, 5.74) is 1.66. The van der Waals surface area contributed by atoms with Crippen molar-refractivity contribution in [2.24, 2.45) is 0 Å². The molecule has 0 bridgehead atoms. The number of benzene rings is 1. The maximum atomic E-state index is 13.4. The summed E-state index contributed by atoms with van der Waals surface area (Å²) in [5, 5.41) is 2.84. The van der Waals surface area contributed by atoms with Gasteiger partial charge in [-0.15, -0.1) is 0 Å². The number of nitrogens with zero attached hydrogens (tertiary/aromatic N) is 3. The Morgan fingerprint density at radius 1 is 1.18 bits per heavy atom. The number of carbonyl (C=O) groups is 2. The number of amides is 2. The molecule has 0 spiro atoms. The minimum atomic E-state index is -0.675. The van der Waals surface area contributed by atoms with Gasteiger partial charge in [-0.3, -0.25) is 9.80 Å². The van der Waals surface area contributed by atoms with Crippen molar-refractivity contribution in [1.82, 2.24) is 20.0 Å². The van der Waals surface area contributed by atoms with Gasteiger partial charge in [-0.25, -0.2) is 14.0 Å². The van der Waals surface area contributed by atoms with Gasteiger partial charge in [-0.05, 0) is 31.7 Å². The first-order valence-electron chi connectivity index (χ1n) is 9.51. The van der Waals surface area contributed by atoms with Gasteiger partial charge in [-0.1, -0.05) is 12.1 Å². The van der Waals surface area contributed by atoms with Crippen LogP contribution >= 0.6 is 0 Å². The molecule has 1 aromatic rings. The van der Waals surface area contributed by atoms with E-state index in [1.165, 1.54) is 17.0 Å². The van der Waals surface area contributed by atoms with Gasteiger partial charge in [0.1, 0.15) is 5.82 Å². The van der Waals surface area contributed by atoms with Crippen LogP contribution in [-0.2, 0) is 9.53 Å². The fourth-order valence-electron chi connectivity index (χ4n) is 3.52. The van der Waals surface area contributed by atoms with Gasteiger partial charge in [0.25, 0.3) is 0 Å². The first-order chi connectivity index (χ1) is 13.4. The highest BCUT2D eigenvalue weighted by Gasteiger charge is 2.37. The number of likely N-dealkylation sites (N-methyl/N-ethyl adjacent to an activating group) is 2. The van der Waals surface area contributed by atoms with Gasteiger partial charge in [0.05, 0.1) is 18.2 Å². The van der Waals surface area contributed by atoms with Gasteiger partial charge >= 0.3 is 12.0 Å². The van der Waals surface area contributed by atoms with E-state index >= 15 is 0 Å². The Bertz CT molecular complexity index is 757. The largest absolute Gasteiger partial charge is 0.463 e. The number of carbonyl (C=O) groups excluding carboxylic acids is 2. The highest BCUT2D eigenvalue weighted by Crippen LogP contribution is 2.31. The van der Waals surface area contributed by atoms with E-state index in [0.717, 1.165) is 26.2 Å². The lowest BCUT2D eigenvalue weighted by molar-refractivity contribution is -0.139. The lowest BCUT2D eigenvalue weighted by Gasteiger charge is -2.38. The molecule has 2 aliphatic rings. The highest BCUT2D eigenvalue weighted by atomic mass is 19.1. The van der Waals surface area contributed by atoms with Crippen LogP contribution in [0.1, 0.15) is 18.5 Å². The summed E-state index contributed by atoms with van der Waals surface area (Å²) < 4.78 is 18.7. The maximum absolute atomic E-state index is 13.4. The molecule has 152 valence electrons. The molecule has 0 aliphatic carbocycles. The predicted octanol–water partition coefficient (Wildman–Crippen LogP) is 1.59. The molecule has 2 aliphatic heterocycles. The van der Waals surface area contributed by atoms with Gasteiger partial charge in [0.2, 0.25) is 0 Å². The zero-order chi connectivity index (χ0) is 20.3. The molecule has 1 saturated heterocycles. The van der Waals surface area contributed by atoms with E-state index in [-0.39, 0.29) is 18.5 Å². The molecule has 0 aromatic heterocycles. The summed E-state index contributed by atoms with van der Waals surface area (Å²) in [6.07, 6.45) is 0. The third-order valence-corrected chi connectivity index (χ3v) is 5.24. The van der Waals surface area contributed by atoms with Crippen molar-refractivity contribution >= 4 is 12.0 Å². The molecule has 28 heavy (non-hydrogen) atoms. The van der Waals surface area contributed by atoms with E-state index in [0.29, 0.717) is 23.4 Å². The summed E-state index contributed by atoms with van der Waals surface area (Å²) in [4.78, 5) is 31.4. The number of piperazine rings is 1. The summed E-state index contributed by atoms with van der Waals surface area (Å²) in [5.74, 6) is -0.838. The van der Waals surface area contributed by atoms with Crippen LogP contribution in [0.25, 0.3) is 0 Å².